The van der Waals surface area contributed by atoms with Gasteiger partial charge in [0.15, 0.2) is 5.96 Å². The predicted molar refractivity (Wildman–Crippen MR) is 80.3 cm³/mol. The highest BCUT2D eigenvalue weighted by molar-refractivity contribution is 7.90. The fraction of sp³-hybridized carbons (Fsp3) is 0.923. The SMILES string of the molecule is CN=C(NCCCS(C)(=O)=O)N1CC(C)(C)C1(C)C. The summed E-state index contributed by atoms with van der Waals surface area (Å²) in [7, 11) is -1.11. The van der Waals surface area contributed by atoms with Crippen molar-refractivity contribution in [3.05, 3.63) is 0 Å². The van der Waals surface area contributed by atoms with Crippen molar-refractivity contribution in [3.8, 4) is 0 Å². The summed E-state index contributed by atoms with van der Waals surface area (Å²) in [4.78, 5) is 6.53. The highest BCUT2D eigenvalue weighted by atomic mass is 32.2. The Morgan fingerprint density at radius 3 is 2.26 bits per heavy atom. The van der Waals surface area contributed by atoms with Gasteiger partial charge in [-0.25, -0.2) is 8.42 Å². The number of nitrogens with one attached hydrogen (secondary N) is 1. The summed E-state index contributed by atoms with van der Waals surface area (Å²) in [5, 5.41) is 3.25. The first kappa shape index (κ1) is 16.3. The van der Waals surface area contributed by atoms with E-state index in [0.717, 1.165) is 12.5 Å². The Labute approximate surface area is 117 Å². The molecule has 1 fully saturated rings. The highest BCUT2D eigenvalue weighted by Crippen LogP contribution is 2.46. The Hall–Kier alpha value is -0.780. The van der Waals surface area contributed by atoms with Crippen molar-refractivity contribution in [1.82, 2.24) is 10.2 Å². The third-order valence-corrected chi connectivity index (χ3v) is 5.36. The van der Waals surface area contributed by atoms with E-state index in [1.54, 1.807) is 7.05 Å². The summed E-state index contributed by atoms with van der Waals surface area (Å²) in [6.07, 6.45) is 1.87. The average molecular weight is 289 g/mol. The van der Waals surface area contributed by atoms with Gasteiger partial charge in [0, 0.05) is 37.3 Å². The summed E-state index contributed by atoms with van der Waals surface area (Å²) >= 11 is 0. The van der Waals surface area contributed by atoms with Crippen LogP contribution >= 0.6 is 0 Å². The van der Waals surface area contributed by atoms with E-state index in [9.17, 15) is 8.42 Å². The van der Waals surface area contributed by atoms with Gasteiger partial charge >= 0.3 is 0 Å². The van der Waals surface area contributed by atoms with Crippen LogP contribution in [0.2, 0.25) is 0 Å². The summed E-state index contributed by atoms with van der Waals surface area (Å²) in [6.45, 7) is 10.5. The van der Waals surface area contributed by atoms with E-state index < -0.39 is 9.84 Å². The molecule has 0 radical (unpaired) electrons. The molecule has 0 spiro atoms. The molecule has 19 heavy (non-hydrogen) atoms. The summed E-state index contributed by atoms with van der Waals surface area (Å²) < 4.78 is 22.1. The number of guanidine groups is 1. The second-order valence-electron chi connectivity index (χ2n) is 6.49. The van der Waals surface area contributed by atoms with Crippen LogP contribution in [0, 0.1) is 5.41 Å². The van der Waals surface area contributed by atoms with Gasteiger partial charge in [0.1, 0.15) is 9.84 Å². The third kappa shape index (κ3) is 3.61. The van der Waals surface area contributed by atoms with Crippen molar-refractivity contribution >= 4 is 15.8 Å². The van der Waals surface area contributed by atoms with E-state index >= 15 is 0 Å². The Kier molecular flexibility index (Phi) is 4.55. The average Bonchev–Trinajstić information content (AvgIpc) is 2.25. The molecule has 6 heteroatoms. The molecule has 0 bridgehead atoms. The first-order valence-corrected chi connectivity index (χ1v) is 8.73. The zero-order valence-corrected chi connectivity index (χ0v) is 13.8. The quantitative estimate of drug-likeness (QED) is 0.478. The van der Waals surface area contributed by atoms with Crippen molar-refractivity contribution in [2.75, 3.05) is 32.1 Å². The molecule has 1 N–H and O–H groups in total. The van der Waals surface area contributed by atoms with Gasteiger partial charge < -0.3 is 10.2 Å². The van der Waals surface area contributed by atoms with Crippen LogP contribution in [0.1, 0.15) is 34.1 Å². The minimum atomic E-state index is -2.88. The molecule has 1 rings (SSSR count). The standard InChI is InChI=1S/C13H27N3O2S/c1-12(2)10-16(13(12,3)4)11(14-5)15-8-7-9-19(6,17)18/h7-10H2,1-6H3,(H,14,15). The van der Waals surface area contributed by atoms with Gasteiger partial charge in [0.25, 0.3) is 0 Å². The van der Waals surface area contributed by atoms with Crippen LogP contribution in [0.25, 0.3) is 0 Å². The van der Waals surface area contributed by atoms with E-state index in [1.807, 2.05) is 0 Å². The van der Waals surface area contributed by atoms with Crippen molar-refractivity contribution in [2.24, 2.45) is 10.4 Å². The normalized spacial score (nSPS) is 22.0. The maximum Gasteiger partial charge on any atom is 0.194 e. The van der Waals surface area contributed by atoms with Crippen molar-refractivity contribution in [2.45, 2.75) is 39.7 Å². The third-order valence-electron chi connectivity index (χ3n) is 4.33. The number of hydrogen-bond acceptors (Lipinski definition) is 3. The van der Waals surface area contributed by atoms with Gasteiger partial charge in [-0.15, -0.1) is 0 Å². The zero-order chi connectivity index (χ0) is 14.9. The molecule has 0 saturated carbocycles. The Morgan fingerprint density at radius 2 is 1.89 bits per heavy atom. The Bertz CT molecular complexity index is 453. The minimum absolute atomic E-state index is 0.0612. The summed E-state index contributed by atoms with van der Waals surface area (Å²) in [6, 6.07) is 0. The molecule has 1 heterocycles. The van der Waals surface area contributed by atoms with Gasteiger partial charge in [-0.2, -0.15) is 0 Å². The highest BCUT2D eigenvalue weighted by Gasteiger charge is 2.53. The van der Waals surface area contributed by atoms with Crippen LogP contribution in [-0.4, -0.2) is 57.0 Å². The number of likely N-dealkylation sites (tertiary alicyclic amines) is 1. The largest absolute Gasteiger partial charge is 0.356 e. The van der Waals surface area contributed by atoms with Crippen molar-refractivity contribution < 1.29 is 8.42 Å². The number of rotatable bonds is 4. The molecular formula is C13H27N3O2S. The second kappa shape index (κ2) is 5.31. The van der Waals surface area contributed by atoms with Crippen LogP contribution in [0.3, 0.4) is 0 Å². The Balaban J connectivity index is 2.49. The summed E-state index contributed by atoms with van der Waals surface area (Å²) in [5.74, 6) is 1.07. The topological polar surface area (TPSA) is 61.8 Å². The monoisotopic (exact) mass is 289 g/mol. The molecule has 0 aromatic heterocycles. The van der Waals surface area contributed by atoms with Crippen molar-refractivity contribution in [3.63, 3.8) is 0 Å². The van der Waals surface area contributed by atoms with Crippen LogP contribution in [0.15, 0.2) is 4.99 Å². The van der Waals surface area contributed by atoms with Crippen LogP contribution in [0.5, 0.6) is 0 Å². The fourth-order valence-electron chi connectivity index (χ4n) is 2.23. The van der Waals surface area contributed by atoms with Crippen molar-refractivity contribution in [1.29, 1.82) is 0 Å². The van der Waals surface area contributed by atoms with Gasteiger partial charge in [0.05, 0.1) is 5.75 Å². The van der Waals surface area contributed by atoms with Crippen LogP contribution in [-0.2, 0) is 9.84 Å². The van der Waals surface area contributed by atoms with E-state index in [0.29, 0.717) is 13.0 Å². The maximum atomic E-state index is 11.1. The molecule has 0 unspecified atom stereocenters. The van der Waals surface area contributed by atoms with Gasteiger partial charge in [-0.05, 0) is 20.3 Å². The molecule has 1 saturated heterocycles. The number of nitrogens with zero attached hydrogens (tertiary/aromatic N) is 2. The van der Waals surface area contributed by atoms with E-state index in [4.69, 9.17) is 0 Å². The van der Waals surface area contributed by atoms with Crippen LogP contribution in [0.4, 0.5) is 0 Å². The predicted octanol–water partition coefficient (Wildman–Crippen LogP) is 1.12. The first-order valence-electron chi connectivity index (χ1n) is 6.67. The second-order valence-corrected chi connectivity index (χ2v) is 8.75. The summed E-state index contributed by atoms with van der Waals surface area (Å²) in [5.41, 5.74) is 0.322. The van der Waals surface area contributed by atoms with E-state index in [-0.39, 0.29) is 16.7 Å². The molecule has 1 aliphatic rings. The molecular weight excluding hydrogens is 262 g/mol. The molecule has 0 aliphatic carbocycles. The number of sulfone groups is 1. The lowest BCUT2D eigenvalue weighted by Crippen LogP contribution is -2.72. The van der Waals surface area contributed by atoms with E-state index in [1.165, 1.54) is 6.26 Å². The first-order chi connectivity index (χ1) is 8.51. The van der Waals surface area contributed by atoms with Gasteiger partial charge in [-0.1, -0.05) is 13.8 Å². The van der Waals surface area contributed by atoms with E-state index in [2.05, 4.69) is 42.9 Å². The lowest BCUT2D eigenvalue weighted by Gasteiger charge is -2.62. The lowest BCUT2D eigenvalue weighted by atomic mass is 9.65. The van der Waals surface area contributed by atoms with Crippen LogP contribution < -0.4 is 5.32 Å². The lowest BCUT2D eigenvalue weighted by molar-refractivity contribution is -0.0666. The van der Waals surface area contributed by atoms with Gasteiger partial charge in [-0.3, -0.25) is 4.99 Å². The molecule has 5 nitrogen and oxygen atoms in total. The molecule has 1 aliphatic heterocycles. The number of hydrogen-bond donors (Lipinski definition) is 1. The molecule has 0 atom stereocenters. The Morgan fingerprint density at radius 1 is 1.32 bits per heavy atom. The molecule has 0 aromatic rings. The van der Waals surface area contributed by atoms with Gasteiger partial charge in [0.2, 0.25) is 0 Å². The smallest absolute Gasteiger partial charge is 0.194 e. The molecule has 0 amide bonds. The zero-order valence-electron chi connectivity index (χ0n) is 12.9. The number of aliphatic imine (C=N–C) groups is 1. The molecule has 112 valence electrons. The minimum Gasteiger partial charge on any atom is -0.356 e. The molecule has 0 aromatic carbocycles. The fourth-order valence-corrected chi connectivity index (χ4v) is 2.90. The maximum absolute atomic E-state index is 11.1.